The molecule has 1 amide bonds. The molecule has 0 aromatic heterocycles. The molecule has 1 heterocycles. The summed E-state index contributed by atoms with van der Waals surface area (Å²) in [5, 5.41) is 3.34. The average Bonchev–Trinajstić information content (AvgIpc) is 3.24. The molecule has 0 radical (unpaired) electrons. The Bertz CT molecular complexity index is 614. The van der Waals surface area contributed by atoms with Crippen molar-refractivity contribution in [3.8, 4) is 0 Å². The van der Waals surface area contributed by atoms with Crippen LogP contribution >= 0.6 is 0 Å². The zero-order valence-corrected chi connectivity index (χ0v) is 12.6. The fourth-order valence-electron chi connectivity index (χ4n) is 3.46. The molecule has 1 aliphatic heterocycles. The van der Waals surface area contributed by atoms with Crippen LogP contribution in [0.1, 0.15) is 17.5 Å². The second kappa shape index (κ2) is 6.00. The minimum atomic E-state index is -4.31. The predicted molar refractivity (Wildman–Crippen MR) is 80.4 cm³/mol. The van der Waals surface area contributed by atoms with Crippen molar-refractivity contribution in [3.05, 3.63) is 48.0 Å². The number of hydrogen-bond donors (Lipinski definition) is 1. The summed E-state index contributed by atoms with van der Waals surface area (Å²) >= 11 is 0. The van der Waals surface area contributed by atoms with Crippen LogP contribution < -0.4 is 5.32 Å². The zero-order chi connectivity index (χ0) is 16.6. The Morgan fingerprint density at radius 2 is 2.17 bits per heavy atom. The standard InChI is InChI=1S/C17H19F3N2O/c1-2-15(23)22-7-6-13-14(10-22)16(13)21-9-11-4-3-5-12(8-11)17(18,19)20/h2-5,8,13-14,16,21H,1,6-7,9-10H2. The molecule has 23 heavy (non-hydrogen) atoms. The lowest BCUT2D eigenvalue weighted by molar-refractivity contribution is -0.137. The number of halogens is 3. The molecule has 3 unspecified atom stereocenters. The molecule has 124 valence electrons. The van der Waals surface area contributed by atoms with Crippen molar-refractivity contribution < 1.29 is 18.0 Å². The van der Waals surface area contributed by atoms with Crippen LogP contribution in [-0.2, 0) is 17.5 Å². The lowest BCUT2D eigenvalue weighted by atomic mass is 10.1. The Morgan fingerprint density at radius 1 is 1.39 bits per heavy atom. The lowest BCUT2D eigenvalue weighted by Gasteiger charge is -2.24. The third kappa shape index (κ3) is 3.42. The summed E-state index contributed by atoms with van der Waals surface area (Å²) < 4.78 is 38.1. The number of rotatable bonds is 4. The van der Waals surface area contributed by atoms with E-state index in [0.29, 0.717) is 30.5 Å². The second-order valence-electron chi connectivity index (χ2n) is 6.21. The molecule has 1 saturated carbocycles. The van der Waals surface area contributed by atoms with Crippen LogP contribution in [0, 0.1) is 11.8 Å². The predicted octanol–water partition coefficient (Wildman–Crippen LogP) is 2.83. The minimum Gasteiger partial charge on any atom is -0.339 e. The van der Waals surface area contributed by atoms with E-state index < -0.39 is 11.7 Å². The van der Waals surface area contributed by atoms with Gasteiger partial charge >= 0.3 is 6.18 Å². The Kier molecular flexibility index (Phi) is 4.19. The number of nitrogens with one attached hydrogen (secondary N) is 1. The fraction of sp³-hybridized carbons (Fsp3) is 0.471. The van der Waals surface area contributed by atoms with E-state index in [4.69, 9.17) is 0 Å². The summed E-state index contributed by atoms with van der Waals surface area (Å²) in [6.07, 6.45) is -2.05. The third-order valence-electron chi connectivity index (χ3n) is 4.78. The number of likely N-dealkylation sites (tertiary alicyclic amines) is 1. The molecular formula is C17H19F3N2O. The Hall–Kier alpha value is -1.82. The van der Waals surface area contributed by atoms with Crippen LogP contribution in [0.15, 0.2) is 36.9 Å². The van der Waals surface area contributed by atoms with Crippen molar-refractivity contribution in [2.45, 2.75) is 25.2 Å². The number of alkyl halides is 3. The molecule has 3 rings (SSSR count). The molecule has 3 nitrogen and oxygen atoms in total. The van der Waals surface area contributed by atoms with E-state index in [1.54, 1.807) is 11.0 Å². The van der Waals surface area contributed by atoms with Gasteiger partial charge in [0.25, 0.3) is 0 Å². The van der Waals surface area contributed by atoms with Gasteiger partial charge in [-0.15, -0.1) is 0 Å². The van der Waals surface area contributed by atoms with Crippen LogP contribution in [0.4, 0.5) is 13.2 Å². The first kappa shape index (κ1) is 16.1. The van der Waals surface area contributed by atoms with Gasteiger partial charge in [-0.3, -0.25) is 4.79 Å². The molecule has 1 aromatic rings. The second-order valence-corrected chi connectivity index (χ2v) is 6.21. The highest BCUT2D eigenvalue weighted by Crippen LogP contribution is 2.45. The van der Waals surface area contributed by atoms with Crippen molar-refractivity contribution in [1.29, 1.82) is 0 Å². The summed E-state index contributed by atoms with van der Waals surface area (Å²) in [6.45, 7) is 5.35. The van der Waals surface area contributed by atoms with Gasteiger partial charge in [0.2, 0.25) is 5.91 Å². The van der Waals surface area contributed by atoms with Crippen molar-refractivity contribution in [2.75, 3.05) is 13.1 Å². The SMILES string of the molecule is C=CC(=O)N1CCC2C(C1)C2NCc1cccc(C(F)(F)F)c1. The molecular weight excluding hydrogens is 305 g/mol. The quantitative estimate of drug-likeness (QED) is 0.864. The van der Waals surface area contributed by atoms with E-state index in [9.17, 15) is 18.0 Å². The van der Waals surface area contributed by atoms with Crippen LogP contribution in [-0.4, -0.2) is 29.9 Å². The van der Waals surface area contributed by atoms with Gasteiger partial charge < -0.3 is 10.2 Å². The number of fused-ring (bicyclic) bond motifs is 1. The summed E-state index contributed by atoms with van der Waals surface area (Å²) in [5.41, 5.74) is 0.00950. The van der Waals surface area contributed by atoms with Gasteiger partial charge in [0, 0.05) is 25.7 Å². The molecule has 1 N–H and O–H groups in total. The maximum Gasteiger partial charge on any atom is 0.416 e. The summed E-state index contributed by atoms with van der Waals surface area (Å²) in [7, 11) is 0. The summed E-state index contributed by atoms with van der Waals surface area (Å²) in [4.78, 5) is 13.4. The molecule has 0 bridgehead atoms. The van der Waals surface area contributed by atoms with E-state index in [1.165, 1.54) is 18.2 Å². The van der Waals surface area contributed by atoms with Gasteiger partial charge in [0.1, 0.15) is 0 Å². The number of nitrogens with zero attached hydrogens (tertiary/aromatic N) is 1. The van der Waals surface area contributed by atoms with Gasteiger partial charge in [-0.25, -0.2) is 0 Å². The van der Waals surface area contributed by atoms with E-state index in [-0.39, 0.29) is 11.9 Å². The minimum absolute atomic E-state index is 0.0491. The normalized spacial score (nSPS) is 26.6. The van der Waals surface area contributed by atoms with E-state index in [0.717, 1.165) is 19.0 Å². The van der Waals surface area contributed by atoms with Crippen LogP contribution in [0.2, 0.25) is 0 Å². The number of amides is 1. The van der Waals surface area contributed by atoms with Crippen molar-refractivity contribution in [1.82, 2.24) is 10.2 Å². The van der Waals surface area contributed by atoms with Crippen molar-refractivity contribution in [2.24, 2.45) is 11.8 Å². The third-order valence-corrected chi connectivity index (χ3v) is 4.78. The van der Waals surface area contributed by atoms with E-state index in [1.807, 2.05) is 0 Å². The molecule has 1 aromatic carbocycles. The van der Waals surface area contributed by atoms with E-state index >= 15 is 0 Å². The topological polar surface area (TPSA) is 32.3 Å². The lowest BCUT2D eigenvalue weighted by Crippen LogP contribution is -2.35. The van der Waals surface area contributed by atoms with Gasteiger partial charge in [-0.2, -0.15) is 13.2 Å². The monoisotopic (exact) mass is 324 g/mol. The molecule has 0 spiro atoms. The largest absolute Gasteiger partial charge is 0.416 e. The van der Waals surface area contributed by atoms with Crippen LogP contribution in [0.5, 0.6) is 0 Å². The molecule has 3 atom stereocenters. The number of benzene rings is 1. The number of piperidine rings is 1. The Labute approximate surface area is 133 Å². The van der Waals surface area contributed by atoms with Gasteiger partial charge in [-0.05, 0) is 36.0 Å². The molecule has 2 fully saturated rings. The Morgan fingerprint density at radius 3 is 2.87 bits per heavy atom. The highest BCUT2D eigenvalue weighted by molar-refractivity contribution is 5.87. The van der Waals surface area contributed by atoms with Crippen LogP contribution in [0.3, 0.4) is 0 Å². The first-order valence-electron chi connectivity index (χ1n) is 7.71. The maximum absolute atomic E-state index is 12.7. The van der Waals surface area contributed by atoms with Gasteiger partial charge in [0.05, 0.1) is 5.56 Å². The maximum atomic E-state index is 12.7. The van der Waals surface area contributed by atoms with Gasteiger partial charge in [0.15, 0.2) is 0 Å². The first-order chi connectivity index (χ1) is 10.9. The smallest absolute Gasteiger partial charge is 0.339 e. The van der Waals surface area contributed by atoms with E-state index in [2.05, 4.69) is 11.9 Å². The van der Waals surface area contributed by atoms with Crippen molar-refractivity contribution in [3.63, 3.8) is 0 Å². The number of carbonyl (C=O) groups excluding carboxylic acids is 1. The number of carbonyl (C=O) groups is 1. The van der Waals surface area contributed by atoms with Gasteiger partial charge in [-0.1, -0.05) is 24.8 Å². The highest BCUT2D eigenvalue weighted by Gasteiger charge is 2.52. The summed E-state index contributed by atoms with van der Waals surface area (Å²) in [5.74, 6) is 0.875. The molecule has 2 aliphatic rings. The average molecular weight is 324 g/mol. The summed E-state index contributed by atoms with van der Waals surface area (Å²) in [6, 6.07) is 5.69. The first-order valence-corrected chi connectivity index (χ1v) is 7.71. The van der Waals surface area contributed by atoms with Crippen LogP contribution in [0.25, 0.3) is 0 Å². The molecule has 6 heteroatoms. The fourth-order valence-corrected chi connectivity index (χ4v) is 3.46. The number of hydrogen-bond acceptors (Lipinski definition) is 2. The molecule has 1 saturated heterocycles. The van der Waals surface area contributed by atoms with Crippen molar-refractivity contribution >= 4 is 5.91 Å². The highest BCUT2D eigenvalue weighted by atomic mass is 19.4. The Balaban J connectivity index is 1.55. The molecule has 1 aliphatic carbocycles. The zero-order valence-electron chi connectivity index (χ0n) is 12.6.